The van der Waals surface area contributed by atoms with Crippen molar-refractivity contribution in [2.75, 3.05) is 32.1 Å². The molecule has 0 atom stereocenters. The van der Waals surface area contributed by atoms with Crippen LogP contribution in [0.5, 0.6) is 0 Å². The first kappa shape index (κ1) is 19.8. The van der Waals surface area contributed by atoms with Crippen molar-refractivity contribution < 1.29 is 4.79 Å². The molecule has 25 heavy (non-hydrogen) atoms. The van der Waals surface area contributed by atoms with Gasteiger partial charge in [0.25, 0.3) is 0 Å². The fourth-order valence-corrected chi connectivity index (χ4v) is 4.22. The Bertz CT molecular complexity index is 830. The van der Waals surface area contributed by atoms with Gasteiger partial charge in [0, 0.05) is 41.7 Å². The number of rotatable bonds is 1. The summed E-state index contributed by atoms with van der Waals surface area (Å²) in [4.78, 5) is 22.0. The zero-order valence-corrected chi connectivity index (χ0v) is 17.1. The van der Waals surface area contributed by atoms with Crippen molar-refractivity contribution in [2.45, 2.75) is 13.8 Å². The van der Waals surface area contributed by atoms with Crippen molar-refractivity contribution in [3.05, 3.63) is 50.9 Å². The van der Waals surface area contributed by atoms with Crippen molar-refractivity contribution in [2.24, 2.45) is 4.99 Å². The summed E-state index contributed by atoms with van der Waals surface area (Å²) in [6.45, 7) is 5.29. The minimum absolute atomic E-state index is 0. The maximum Gasteiger partial charge on any atom is 0.324 e. The van der Waals surface area contributed by atoms with Crippen molar-refractivity contribution in [3.63, 3.8) is 0 Å². The van der Waals surface area contributed by atoms with Gasteiger partial charge in [-0.25, -0.2) is 4.79 Å². The van der Waals surface area contributed by atoms with Gasteiger partial charge in [0.15, 0.2) is 0 Å². The molecule has 1 aliphatic heterocycles. The molecule has 2 aromatic rings. The van der Waals surface area contributed by atoms with E-state index < -0.39 is 0 Å². The van der Waals surface area contributed by atoms with Gasteiger partial charge < -0.3 is 4.90 Å². The normalized spacial score (nSPS) is 13.5. The fraction of sp³-hybridized carbons (Fsp3) is 0.333. The Morgan fingerprint density at radius 2 is 1.96 bits per heavy atom. The highest BCUT2D eigenvalue weighted by atomic mass is 35.5. The number of halogens is 2. The highest BCUT2D eigenvalue weighted by molar-refractivity contribution is 7.17. The third-order valence-electron chi connectivity index (χ3n) is 4.18. The van der Waals surface area contributed by atoms with Gasteiger partial charge in [-0.3, -0.25) is 9.89 Å². The van der Waals surface area contributed by atoms with E-state index in [9.17, 15) is 4.79 Å². The summed E-state index contributed by atoms with van der Waals surface area (Å²) in [5.41, 5.74) is 3.98. The first-order valence-electron chi connectivity index (χ1n) is 7.80. The molecular formula is C18H21Cl2N3OS. The van der Waals surface area contributed by atoms with Gasteiger partial charge in [0.2, 0.25) is 0 Å². The summed E-state index contributed by atoms with van der Waals surface area (Å²) < 4.78 is 0. The molecule has 0 saturated carbocycles. The van der Waals surface area contributed by atoms with E-state index in [1.54, 1.807) is 30.3 Å². The Balaban J connectivity index is 0.00000225. The number of nitrogens with zero attached hydrogens (tertiary/aromatic N) is 3. The van der Waals surface area contributed by atoms with Gasteiger partial charge in [0.05, 0.1) is 12.3 Å². The Hall–Kier alpha value is -1.56. The molecule has 1 aromatic carbocycles. The predicted molar refractivity (Wildman–Crippen MR) is 109 cm³/mol. The molecule has 0 fully saturated rings. The number of thiophene rings is 1. The molecule has 1 aromatic heterocycles. The number of hydrogen-bond acceptors (Lipinski definition) is 3. The third kappa shape index (κ3) is 3.54. The summed E-state index contributed by atoms with van der Waals surface area (Å²) in [6.07, 6.45) is 0. The van der Waals surface area contributed by atoms with E-state index in [0.717, 1.165) is 27.4 Å². The summed E-state index contributed by atoms with van der Waals surface area (Å²) in [6, 6.07) is 7.72. The van der Waals surface area contributed by atoms with Crippen LogP contribution in [0.4, 0.5) is 9.80 Å². The van der Waals surface area contributed by atoms with Gasteiger partial charge in [-0.1, -0.05) is 29.8 Å². The van der Waals surface area contributed by atoms with Crippen LogP contribution in [0.1, 0.15) is 21.6 Å². The fourth-order valence-electron chi connectivity index (χ4n) is 2.82. The van der Waals surface area contributed by atoms with E-state index in [4.69, 9.17) is 16.6 Å². The standard InChI is InChI=1S/C18H20ClN3OS.ClH/c1-11-12(2)24-17-15(11)16(13-7-5-6-8-14(13)19)20-9-10-22(17)18(23)21(3)4;/h5-8H,9-10H2,1-4H3;1H. The molecular weight excluding hydrogens is 377 g/mol. The molecule has 3 rings (SSSR count). The quantitative estimate of drug-likeness (QED) is 0.681. The number of fused-ring (bicyclic) bond motifs is 1. The SMILES string of the molecule is Cc1sc2c(c1C)C(c1ccccc1Cl)=NCCN2C(=O)N(C)C.Cl. The molecule has 0 unspecified atom stereocenters. The zero-order chi connectivity index (χ0) is 17.4. The monoisotopic (exact) mass is 397 g/mol. The van der Waals surface area contributed by atoms with Gasteiger partial charge in [0.1, 0.15) is 5.00 Å². The minimum atomic E-state index is -0.0203. The van der Waals surface area contributed by atoms with Crippen LogP contribution >= 0.6 is 35.3 Å². The van der Waals surface area contributed by atoms with Crippen molar-refractivity contribution in [3.8, 4) is 0 Å². The molecule has 0 spiro atoms. The predicted octanol–water partition coefficient (Wildman–Crippen LogP) is 4.78. The number of amides is 2. The van der Waals surface area contributed by atoms with E-state index in [1.807, 2.05) is 29.2 Å². The van der Waals surface area contributed by atoms with Crippen LogP contribution in [0.15, 0.2) is 29.3 Å². The minimum Gasteiger partial charge on any atom is -0.330 e. The molecule has 2 amide bonds. The number of carbonyl (C=O) groups is 1. The second kappa shape index (κ2) is 7.77. The lowest BCUT2D eigenvalue weighted by Gasteiger charge is -2.24. The number of hydrogen-bond donors (Lipinski definition) is 0. The highest BCUT2D eigenvalue weighted by Crippen LogP contribution is 2.39. The number of benzene rings is 1. The Kier molecular flexibility index (Phi) is 6.14. The van der Waals surface area contributed by atoms with Crippen LogP contribution in [-0.4, -0.2) is 43.8 Å². The average Bonchev–Trinajstić information content (AvgIpc) is 2.73. The summed E-state index contributed by atoms with van der Waals surface area (Å²) in [5.74, 6) is 0. The smallest absolute Gasteiger partial charge is 0.324 e. The van der Waals surface area contributed by atoms with Gasteiger partial charge >= 0.3 is 6.03 Å². The second-order valence-corrected chi connectivity index (χ2v) is 7.61. The van der Waals surface area contributed by atoms with Gasteiger partial charge in [-0.15, -0.1) is 23.7 Å². The van der Waals surface area contributed by atoms with Crippen LogP contribution < -0.4 is 4.90 Å². The first-order chi connectivity index (χ1) is 11.4. The van der Waals surface area contributed by atoms with Crippen molar-refractivity contribution >= 4 is 52.1 Å². The molecule has 134 valence electrons. The van der Waals surface area contributed by atoms with E-state index in [2.05, 4.69) is 13.8 Å². The largest absolute Gasteiger partial charge is 0.330 e. The van der Waals surface area contributed by atoms with Crippen LogP contribution in [0.25, 0.3) is 0 Å². The summed E-state index contributed by atoms with van der Waals surface area (Å²) in [5, 5.41) is 1.64. The van der Waals surface area contributed by atoms with Crippen molar-refractivity contribution in [1.82, 2.24) is 4.90 Å². The molecule has 0 saturated heterocycles. The van der Waals surface area contributed by atoms with Crippen molar-refractivity contribution in [1.29, 1.82) is 0 Å². The highest BCUT2D eigenvalue weighted by Gasteiger charge is 2.29. The Labute approximate surface area is 163 Å². The number of aliphatic imine (C=N–C) groups is 1. The lowest BCUT2D eigenvalue weighted by molar-refractivity contribution is 0.224. The second-order valence-electron chi connectivity index (χ2n) is 6.00. The third-order valence-corrected chi connectivity index (χ3v) is 5.74. The topological polar surface area (TPSA) is 35.9 Å². The number of aryl methyl sites for hydroxylation is 1. The molecule has 7 heteroatoms. The summed E-state index contributed by atoms with van der Waals surface area (Å²) >= 11 is 8.06. The average molecular weight is 398 g/mol. The maximum absolute atomic E-state index is 12.6. The van der Waals surface area contributed by atoms with E-state index in [0.29, 0.717) is 18.1 Å². The number of carbonyl (C=O) groups excluding carboxylic acids is 1. The number of urea groups is 1. The van der Waals surface area contributed by atoms with E-state index >= 15 is 0 Å². The molecule has 1 aliphatic rings. The Morgan fingerprint density at radius 3 is 2.60 bits per heavy atom. The molecule has 0 aliphatic carbocycles. The first-order valence-corrected chi connectivity index (χ1v) is 8.99. The van der Waals surface area contributed by atoms with E-state index in [-0.39, 0.29) is 18.4 Å². The maximum atomic E-state index is 12.6. The van der Waals surface area contributed by atoms with E-state index in [1.165, 1.54) is 4.88 Å². The van der Waals surface area contributed by atoms with Crippen LogP contribution in [0.2, 0.25) is 5.02 Å². The molecule has 4 nitrogen and oxygen atoms in total. The number of anilines is 1. The molecule has 0 radical (unpaired) electrons. The lowest BCUT2D eigenvalue weighted by Crippen LogP contribution is -2.40. The summed E-state index contributed by atoms with van der Waals surface area (Å²) in [7, 11) is 3.55. The molecule has 2 heterocycles. The van der Waals surface area contributed by atoms with Crippen LogP contribution in [0, 0.1) is 13.8 Å². The lowest BCUT2D eigenvalue weighted by atomic mass is 10.00. The Morgan fingerprint density at radius 1 is 1.28 bits per heavy atom. The van der Waals surface area contributed by atoms with Crippen LogP contribution in [-0.2, 0) is 0 Å². The van der Waals surface area contributed by atoms with Crippen LogP contribution in [0.3, 0.4) is 0 Å². The van der Waals surface area contributed by atoms with Gasteiger partial charge in [-0.2, -0.15) is 0 Å². The van der Waals surface area contributed by atoms with Gasteiger partial charge in [-0.05, 0) is 25.5 Å². The molecule has 0 bridgehead atoms. The molecule has 0 N–H and O–H groups in total. The zero-order valence-electron chi connectivity index (χ0n) is 14.7.